The lowest BCUT2D eigenvalue weighted by Crippen LogP contribution is -2.12. The predicted octanol–water partition coefficient (Wildman–Crippen LogP) is 3.07. The number of hydrogen-bond acceptors (Lipinski definition) is 6. The smallest absolute Gasteiger partial charge is 0.285 e. The maximum Gasteiger partial charge on any atom is 0.285 e. The van der Waals surface area contributed by atoms with E-state index in [0.717, 1.165) is 12.0 Å². The lowest BCUT2D eigenvalue weighted by atomic mass is 9.94. The summed E-state index contributed by atoms with van der Waals surface area (Å²) < 4.78 is 21.5. The van der Waals surface area contributed by atoms with Crippen molar-refractivity contribution in [3.8, 4) is 0 Å². The van der Waals surface area contributed by atoms with Crippen molar-refractivity contribution in [3.63, 3.8) is 0 Å². The number of nitrogens with one attached hydrogen (secondary N) is 1. The molecule has 3 rings (SSSR count). The Kier molecular flexibility index (Phi) is 4.03. The zero-order valence-corrected chi connectivity index (χ0v) is 12.2. The van der Waals surface area contributed by atoms with Crippen LogP contribution in [0.5, 0.6) is 0 Å². The van der Waals surface area contributed by atoms with Crippen molar-refractivity contribution in [1.82, 2.24) is 10.2 Å². The molecule has 1 aliphatic carbocycles. The van der Waals surface area contributed by atoms with Gasteiger partial charge in [-0.25, -0.2) is 5.10 Å². The monoisotopic (exact) mass is 306 g/mol. The minimum atomic E-state index is 0.186. The van der Waals surface area contributed by atoms with E-state index in [1.165, 1.54) is 6.26 Å². The fraction of sp³-hybridized carbons (Fsp3) is 0.286. The Balaban J connectivity index is 1.73. The number of nitrogens with zero attached hydrogens (tertiary/aromatic N) is 1. The van der Waals surface area contributed by atoms with Gasteiger partial charge in [0, 0.05) is 13.0 Å². The highest BCUT2D eigenvalue weighted by Crippen LogP contribution is 2.31. The Morgan fingerprint density at radius 2 is 2.29 bits per heavy atom. The van der Waals surface area contributed by atoms with E-state index in [1.807, 2.05) is 12.2 Å². The normalized spacial score (nSPS) is 21.0. The van der Waals surface area contributed by atoms with E-state index >= 15 is 0 Å². The van der Waals surface area contributed by atoms with Crippen LogP contribution in [-0.4, -0.2) is 23.9 Å². The molecular weight excluding hydrogens is 292 g/mol. The second kappa shape index (κ2) is 6.11. The van der Waals surface area contributed by atoms with Crippen LogP contribution in [0.4, 0.5) is 0 Å². The molecule has 2 heterocycles. The molecule has 1 aliphatic heterocycles. The fourth-order valence-corrected chi connectivity index (χ4v) is 2.28. The van der Waals surface area contributed by atoms with Gasteiger partial charge in [-0.15, -0.1) is 5.10 Å². The average Bonchev–Trinajstić information content (AvgIpc) is 2.95. The summed E-state index contributed by atoms with van der Waals surface area (Å²) in [7, 11) is 1.69. The quantitative estimate of drug-likeness (QED) is 0.862. The average molecular weight is 306 g/mol. The summed E-state index contributed by atoms with van der Waals surface area (Å²) in [6.07, 6.45) is 9.89. The van der Waals surface area contributed by atoms with Crippen LogP contribution in [0.15, 0.2) is 46.5 Å². The molecule has 7 heteroatoms. The molecule has 0 bridgehead atoms. The topological polar surface area (TPSA) is 69.5 Å². The van der Waals surface area contributed by atoms with Crippen LogP contribution in [0.3, 0.4) is 0 Å². The van der Waals surface area contributed by atoms with Crippen molar-refractivity contribution >= 4 is 18.0 Å². The van der Waals surface area contributed by atoms with Crippen LogP contribution in [0, 0.1) is 10.8 Å². The third-order valence-electron chi connectivity index (χ3n) is 3.08. The summed E-state index contributed by atoms with van der Waals surface area (Å²) in [5.74, 6) is 1.58. The number of aromatic nitrogens is 2. The molecule has 0 spiro atoms. The van der Waals surface area contributed by atoms with E-state index < -0.39 is 0 Å². The molecule has 0 amide bonds. The lowest BCUT2D eigenvalue weighted by molar-refractivity contribution is 0.168. The van der Waals surface area contributed by atoms with Crippen molar-refractivity contribution < 1.29 is 18.6 Å². The number of allylic oxidation sites excluding steroid dienone is 3. The highest BCUT2D eigenvalue weighted by molar-refractivity contribution is 7.71. The maximum atomic E-state index is 5.78. The molecule has 0 radical (unpaired) electrons. The second-order valence-corrected chi connectivity index (χ2v) is 4.99. The fourth-order valence-electron chi connectivity index (χ4n) is 2.15. The Morgan fingerprint density at radius 1 is 1.43 bits per heavy atom. The van der Waals surface area contributed by atoms with Gasteiger partial charge in [-0.3, -0.25) is 0 Å². The highest BCUT2D eigenvalue weighted by Gasteiger charge is 2.22. The van der Waals surface area contributed by atoms with Gasteiger partial charge < -0.3 is 18.6 Å². The van der Waals surface area contributed by atoms with Crippen LogP contribution in [-0.2, 0) is 14.2 Å². The number of aromatic amines is 1. The molecule has 0 fully saturated rings. The Morgan fingerprint density at radius 3 is 3.05 bits per heavy atom. The summed E-state index contributed by atoms with van der Waals surface area (Å²) in [6.45, 7) is 0.665. The second-order valence-electron chi connectivity index (χ2n) is 4.62. The van der Waals surface area contributed by atoms with Crippen molar-refractivity contribution in [2.24, 2.45) is 5.92 Å². The van der Waals surface area contributed by atoms with Crippen molar-refractivity contribution in [3.05, 3.63) is 52.8 Å². The zero-order valence-electron chi connectivity index (χ0n) is 11.4. The molecule has 6 nitrogen and oxygen atoms in total. The van der Waals surface area contributed by atoms with Crippen LogP contribution < -0.4 is 0 Å². The third-order valence-corrected chi connectivity index (χ3v) is 3.25. The van der Waals surface area contributed by atoms with Gasteiger partial charge in [-0.2, -0.15) is 0 Å². The van der Waals surface area contributed by atoms with Gasteiger partial charge in [-0.1, -0.05) is 18.2 Å². The largest absolute Gasteiger partial charge is 0.465 e. The van der Waals surface area contributed by atoms with Gasteiger partial charge in [0.2, 0.25) is 5.76 Å². The molecule has 1 atom stereocenters. The van der Waals surface area contributed by atoms with Crippen molar-refractivity contribution in [1.29, 1.82) is 0 Å². The summed E-state index contributed by atoms with van der Waals surface area (Å²) in [5.41, 5.74) is 1.03. The first-order valence-electron chi connectivity index (χ1n) is 6.42. The van der Waals surface area contributed by atoms with E-state index in [0.29, 0.717) is 24.0 Å². The maximum absolute atomic E-state index is 5.78. The number of H-pyrrole nitrogens is 1. The first-order chi connectivity index (χ1) is 10.3. The number of methoxy groups -OCH3 is 1. The highest BCUT2D eigenvalue weighted by atomic mass is 32.1. The molecule has 1 unspecified atom stereocenters. The molecule has 1 N–H and O–H groups in total. The first kappa shape index (κ1) is 13.8. The van der Waals surface area contributed by atoms with Crippen molar-refractivity contribution in [2.75, 3.05) is 13.7 Å². The molecule has 0 saturated heterocycles. The molecular formula is C14H14N2O4S. The van der Waals surface area contributed by atoms with Gasteiger partial charge >= 0.3 is 0 Å². The Labute approximate surface area is 126 Å². The van der Waals surface area contributed by atoms with Crippen molar-refractivity contribution in [2.45, 2.75) is 6.42 Å². The van der Waals surface area contributed by atoms with Crippen LogP contribution in [0.2, 0.25) is 0 Å². The Bertz CT molecular complexity index is 696. The van der Waals surface area contributed by atoms with Crippen LogP contribution in [0.25, 0.3) is 5.76 Å². The van der Waals surface area contributed by atoms with Crippen LogP contribution in [0.1, 0.15) is 12.3 Å². The SMILES string of the molecule is COCC1C=CC=C(C2=COC=C(c3n[nH]c(=S)o3)O2)C1. The summed E-state index contributed by atoms with van der Waals surface area (Å²) in [6, 6.07) is 0. The van der Waals surface area contributed by atoms with Crippen LogP contribution >= 0.6 is 12.2 Å². The first-order valence-corrected chi connectivity index (χ1v) is 6.83. The third kappa shape index (κ3) is 3.14. The van der Waals surface area contributed by atoms with Gasteiger partial charge in [0.05, 0.1) is 6.61 Å². The molecule has 1 aromatic heterocycles. The number of ether oxygens (including phenoxy) is 3. The minimum absolute atomic E-state index is 0.186. The zero-order chi connectivity index (χ0) is 14.7. The molecule has 21 heavy (non-hydrogen) atoms. The van der Waals surface area contributed by atoms with Gasteiger partial charge in [0.1, 0.15) is 12.5 Å². The van der Waals surface area contributed by atoms with E-state index in [2.05, 4.69) is 16.3 Å². The van der Waals surface area contributed by atoms with Gasteiger partial charge in [-0.05, 0) is 24.2 Å². The molecule has 2 aliphatic rings. The molecule has 0 aromatic carbocycles. The van der Waals surface area contributed by atoms with Gasteiger partial charge in [0.15, 0.2) is 5.76 Å². The lowest BCUT2D eigenvalue weighted by Gasteiger charge is -2.21. The summed E-state index contributed by atoms with van der Waals surface area (Å²) in [4.78, 5) is 0.186. The predicted molar refractivity (Wildman–Crippen MR) is 77.1 cm³/mol. The standard InChI is InChI=1S/C14H14N2O4S/c1-17-6-9-3-2-4-10(5-9)11-7-18-8-12(19-11)13-15-16-14(21)20-13/h2-4,7-9H,5-6H2,1H3,(H,16,21). The molecule has 110 valence electrons. The number of hydrogen-bond donors (Lipinski definition) is 1. The number of rotatable bonds is 4. The van der Waals surface area contributed by atoms with E-state index in [4.69, 9.17) is 30.8 Å². The summed E-state index contributed by atoms with van der Waals surface area (Å²) in [5, 5.41) is 6.46. The van der Waals surface area contributed by atoms with E-state index in [1.54, 1.807) is 13.4 Å². The van der Waals surface area contributed by atoms with Gasteiger partial charge in [0.25, 0.3) is 10.7 Å². The summed E-state index contributed by atoms with van der Waals surface area (Å²) >= 11 is 4.84. The molecule has 0 saturated carbocycles. The Hall–Kier alpha value is -2.12. The van der Waals surface area contributed by atoms with E-state index in [9.17, 15) is 0 Å². The van der Waals surface area contributed by atoms with E-state index in [-0.39, 0.29) is 10.7 Å². The minimum Gasteiger partial charge on any atom is -0.465 e. The molecule has 1 aromatic rings.